The van der Waals surface area contributed by atoms with Crippen LogP contribution in [-0.2, 0) is 28.7 Å². The number of aliphatic hydroxyl groups excluding tert-OH is 1. The van der Waals surface area contributed by atoms with Gasteiger partial charge >= 0.3 is 5.97 Å². The number of methoxy groups -OCH3 is 2. The minimum absolute atomic E-state index is 0.0152. The van der Waals surface area contributed by atoms with Crippen LogP contribution in [0, 0.1) is 17.8 Å². The van der Waals surface area contributed by atoms with Crippen LogP contribution < -0.4 is 16.0 Å². The Morgan fingerprint density at radius 1 is 1.11 bits per heavy atom. The zero-order valence-electron chi connectivity index (χ0n) is 22.5. The molecule has 5 N–H and O–H groups in total. The van der Waals surface area contributed by atoms with Gasteiger partial charge in [0.15, 0.2) is 0 Å². The first-order chi connectivity index (χ1) is 17.1. The summed E-state index contributed by atoms with van der Waals surface area (Å²) in [6, 6.07) is -0.280. The van der Waals surface area contributed by atoms with Crippen molar-refractivity contribution < 1.29 is 38.9 Å². The van der Waals surface area contributed by atoms with E-state index in [0.717, 1.165) is 6.42 Å². The molecule has 0 aliphatic carbocycles. The maximum absolute atomic E-state index is 12.8. The number of nitrogens with zero attached hydrogens (tertiary/aromatic N) is 1. The van der Waals surface area contributed by atoms with Gasteiger partial charge in [-0.3, -0.25) is 24.5 Å². The Hall–Kier alpha value is -2.28. The lowest BCUT2D eigenvalue weighted by atomic mass is 9.80. The molecule has 12 nitrogen and oxygen atoms in total. The molecule has 0 aliphatic rings. The van der Waals surface area contributed by atoms with E-state index in [1.807, 2.05) is 13.8 Å². The fraction of sp³-hybridized carbons (Fsp3) is 0.833. The Kier molecular flexibility index (Phi) is 17.7. The van der Waals surface area contributed by atoms with Crippen LogP contribution in [0.25, 0.3) is 0 Å². The fourth-order valence-electron chi connectivity index (χ4n) is 4.59. The lowest BCUT2D eigenvalue weighted by Gasteiger charge is -2.40. The molecule has 0 aliphatic heterocycles. The van der Waals surface area contributed by atoms with Crippen molar-refractivity contribution in [3.63, 3.8) is 0 Å². The van der Waals surface area contributed by atoms with Gasteiger partial charge in [0, 0.05) is 27.8 Å². The maximum Gasteiger partial charge on any atom is 0.322 e. The van der Waals surface area contributed by atoms with E-state index in [-0.39, 0.29) is 43.2 Å². The average molecular weight is 519 g/mol. The number of carboxylic acids is 1. The average Bonchev–Trinajstić information content (AvgIpc) is 2.87. The second kappa shape index (κ2) is 18.9. The second-order valence-electron chi connectivity index (χ2n) is 9.05. The van der Waals surface area contributed by atoms with Crippen molar-refractivity contribution in [1.29, 1.82) is 0 Å². The highest BCUT2D eigenvalue weighted by molar-refractivity contribution is 5.83. The standard InChI is InChI=1S/C24H46N4O8/c1-7-16(2)22(28(4)20(31)12-26-15-30)19(35-5)11-18(9-8-10-25-14-29)23(36-6)17(3)24(34)27-13-21(32)33/h14,16-19,22-23,26,30H,7-13,15H2,1-6H3,(H,25,29)(H,27,34)(H,32,33). The molecule has 0 saturated heterocycles. The van der Waals surface area contributed by atoms with Gasteiger partial charge in [0.1, 0.15) is 6.54 Å². The third-order valence-electron chi connectivity index (χ3n) is 6.71. The first kappa shape index (κ1) is 33.7. The van der Waals surface area contributed by atoms with Gasteiger partial charge in [0.05, 0.1) is 37.4 Å². The summed E-state index contributed by atoms with van der Waals surface area (Å²) in [5, 5.41) is 25.6. The molecular weight excluding hydrogens is 472 g/mol. The van der Waals surface area contributed by atoms with Gasteiger partial charge in [0.2, 0.25) is 18.2 Å². The van der Waals surface area contributed by atoms with Crippen LogP contribution in [0.4, 0.5) is 0 Å². The number of ether oxygens (including phenoxy) is 2. The van der Waals surface area contributed by atoms with Crippen molar-refractivity contribution in [2.45, 2.75) is 64.7 Å². The first-order valence-electron chi connectivity index (χ1n) is 12.4. The van der Waals surface area contributed by atoms with Crippen LogP contribution >= 0.6 is 0 Å². The van der Waals surface area contributed by atoms with E-state index in [2.05, 4.69) is 16.0 Å². The summed E-state index contributed by atoms with van der Waals surface area (Å²) in [7, 11) is 4.80. The molecule has 210 valence electrons. The zero-order chi connectivity index (χ0) is 27.7. The molecular formula is C24H46N4O8. The molecule has 0 fully saturated rings. The molecule has 0 saturated carbocycles. The highest BCUT2D eigenvalue weighted by Crippen LogP contribution is 2.31. The number of amides is 3. The van der Waals surface area contributed by atoms with Gasteiger partial charge in [-0.25, -0.2) is 0 Å². The van der Waals surface area contributed by atoms with Crippen LogP contribution in [-0.4, -0.2) is 105 Å². The molecule has 6 atom stereocenters. The van der Waals surface area contributed by atoms with Crippen molar-refractivity contribution in [2.75, 3.05) is 47.6 Å². The summed E-state index contributed by atoms with van der Waals surface area (Å²) in [6.07, 6.45) is 2.18. The number of rotatable bonds is 21. The van der Waals surface area contributed by atoms with Crippen molar-refractivity contribution in [3.05, 3.63) is 0 Å². The number of carbonyl (C=O) groups is 4. The predicted octanol–water partition coefficient (Wildman–Crippen LogP) is -0.202. The number of hydrogen-bond acceptors (Lipinski definition) is 8. The minimum atomic E-state index is -1.14. The largest absolute Gasteiger partial charge is 0.480 e. The van der Waals surface area contributed by atoms with Crippen LogP contribution in [0.15, 0.2) is 0 Å². The zero-order valence-corrected chi connectivity index (χ0v) is 22.5. The highest BCUT2D eigenvalue weighted by Gasteiger charge is 2.38. The Morgan fingerprint density at radius 2 is 1.78 bits per heavy atom. The molecule has 0 aromatic rings. The summed E-state index contributed by atoms with van der Waals surface area (Å²) in [5.41, 5.74) is 0. The number of nitrogens with one attached hydrogen (secondary N) is 3. The van der Waals surface area contributed by atoms with Gasteiger partial charge < -0.3 is 35.2 Å². The number of aliphatic hydroxyl groups is 1. The fourth-order valence-corrected chi connectivity index (χ4v) is 4.59. The molecule has 0 spiro atoms. The normalized spacial score (nSPS) is 16.2. The van der Waals surface area contributed by atoms with Crippen LogP contribution in [0.5, 0.6) is 0 Å². The molecule has 0 heterocycles. The van der Waals surface area contributed by atoms with E-state index in [1.54, 1.807) is 26.0 Å². The van der Waals surface area contributed by atoms with Gasteiger partial charge in [-0.2, -0.15) is 0 Å². The summed E-state index contributed by atoms with van der Waals surface area (Å²) < 4.78 is 11.7. The molecule has 0 bridgehead atoms. The van der Waals surface area contributed by atoms with E-state index >= 15 is 0 Å². The van der Waals surface area contributed by atoms with Gasteiger partial charge in [-0.15, -0.1) is 0 Å². The SMILES string of the molecule is CCC(C)C(C(CC(CCCNC=O)C(OC)C(C)C(=O)NCC(=O)O)OC)N(C)C(=O)CNCO. The lowest BCUT2D eigenvalue weighted by molar-refractivity contribution is -0.141. The Labute approximate surface area is 214 Å². The van der Waals surface area contributed by atoms with Gasteiger partial charge in [-0.1, -0.05) is 27.2 Å². The maximum atomic E-state index is 12.8. The molecule has 3 amide bonds. The molecule has 36 heavy (non-hydrogen) atoms. The van der Waals surface area contributed by atoms with Crippen molar-refractivity contribution in [3.8, 4) is 0 Å². The predicted molar refractivity (Wildman–Crippen MR) is 134 cm³/mol. The topological polar surface area (TPSA) is 167 Å². The van der Waals surface area contributed by atoms with Crippen LogP contribution in [0.1, 0.15) is 46.5 Å². The quantitative estimate of drug-likeness (QED) is 0.0785. The van der Waals surface area contributed by atoms with Crippen molar-refractivity contribution >= 4 is 24.2 Å². The number of hydrogen-bond donors (Lipinski definition) is 5. The summed E-state index contributed by atoms with van der Waals surface area (Å²) in [6.45, 7) is 5.40. The summed E-state index contributed by atoms with van der Waals surface area (Å²) in [4.78, 5) is 48.6. The van der Waals surface area contributed by atoms with Crippen LogP contribution in [0.3, 0.4) is 0 Å². The van der Waals surface area contributed by atoms with E-state index in [9.17, 15) is 19.2 Å². The number of aliphatic carboxylic acids is 1. The van der Waals surface area contributed by atoms with E-state index in [0.29, 0.717) is 32.2 Å². The monoisotopic (exact) mass is 518 g/mol. The highest BCUT2D eigenvalue weighted by atomic mass is 16.5. The Balaban J connectivity index is 5.95. The molecule has 0 aromatic heterocycles. The minimum Gasteiger partial charge on any atom is -0.480 e. The van der Waals surface area contributed by atoms with Gasteiger partial charge in [-0.05, 0) is 31.1 Å². The number of carbonyl (C=O) groups excluding carboxylic acids is 3. The molecule has 0 aromatic carbocycles. The first-order valence-corrected chi connectivity index (χ1v) is 12.4. The number of carboxylic acid groups (broad SMARTS) is 1. The third kappa shape index (κ3) is 11.6. The summed E-state index contributed by atoms with van der Waals surface area (Å²) in [5.74, 6) is -2.51. The van der Waals surface area contributed by atoms with Crippen LogP contribution in [0.2, 0.25) is 0 Å². The molecule has 0 radical (unpaired) electrons. The van der Waals surface area contributed by atoms with Gasteiger partial charge in [0.25, 0.3) is 0 Å². The number of likely N-dealkylation sites (N-methyl/N-ethyl adjacent to an activating group) is 1. The Morgan fingerprint density at radius 3 is 2.28 bits per heavy atom. The molecule has 6 unspecified atom stereocenters. The van der Waals surface area contributed by atoms with Crippen molar-refractivity contribution in [2.24, 2.45) is 17.8 Å². The van der Waals surface area contributed by atoms with E-state index in [4.69, 9.17) is 19.7 Å². The molecule has 0 rings (SSSR count). The second-order valence-corrected chi connectivity index (χ2v) is 9.05. The van der Waals surface area contributed by atoms with E-state index < -0.39 is 30.4 Å². The smallest absolute Gasteiger partial charge is 0.322 e. The summed E-state index contributed by atoms with van der Waals surface area (Å²) >= 11 is 0. The molecule has 12 heteroatoms. The lowest BCUT2D eigenvalue weighted by Crippen LogP contribution is -2.52. The van der Waals surface area contributed by atoms with Crippen molar-refractivity contribution in [1.82, 2.24) is 20.9 Å². The van der Waals surface area contributed by atoms with E-state index in [1.165, 1.54) is 7.11 Å². The Bertz CT molecular complexity index is 666. The third-order valence-corrected chi connectivity index (χ3v) is 6.71.